The summed E-state index contributed by atoms with van der Waals surface area (Å²) in [7, 11) is 0. The molecule has 2 rings (SSSR count). The zero-order valence-electron chi connectivity index (χ0n) is 11.8. The molecule has 0 bridgehead atoms. The van der Waals surface area contributed by atoms with Gasteiger partial charge in [-0.05, 0) is 50.4 Å². The molecule has 1 aliphatic rings. The van der Waals surface area contributed by atoms with E-state index in [-0.39, 0.29) is 5.91 Å². The number of primary amides is 1. The number of nitrogens with zero attached hydrogens (tertiary/aromatic N) is 1. The highest BCUT2D eigenvalue weighted by Gasteiger charge is 2.32. The summed E-state index contributed by atoms with van der Waals surface area (Å²) < 4.78 is 0.957. The van der Waals surface area contributed by atoms with Gasteiger partial charge in [0.2, 0.25) is 0 Å². The Morgan fingerprint density at radius 1 is 1.45 bits per heavy atom. The van der Waals surface area contributed by atoms with E-state index < -0.39 is 0 Å². The molecule has 4 nitrogen and oxygen atoms in total. The van der Waals surface area contributed by atoms with E-state index >= 15 is 0 Å². The van der Waals surface area contributed by atoms with E-state index in [9.17, 15) is 4.79 Å². The first-order chi connectivity index (χ1) is 9.58. The van der Waals surface area contributed by atoms with Crippen LogP contribution in [0.3, 0.4) is 0 Å². The predicted octanol–water partition coefficient (Wildman–Crippen LogP) is 2.50. The molecule has 1 aliphatic carbocycles. The quantitative estimate of drug-likeness (QED) is 0.865. The first-order valence-corrected chi connectivity index (χ1v) is 7.93. The Bertz CT molecular complexity index is 492. The third-order valence-corrected chi connectivity index (χ3v) is 4.69. The number of anilines is 1. The second-order valence-electron chi connectivity index (χ2n) is 5.31. The number of carbonyl (C=O) groups excluding carboxylic acids is 1. The van der Waals surface area contributed by atoms with Crippen LogP contribution in [0.4, 0.5) is 5.69 Å². The van der Waals surface area contributed by atoms with Crippen molar-refractivity contribution in [1.29, 1.82) is 0 Å². The Labute approximate surface area is 128 Å². The van der Waals surface area contributed by atoms with Gasteiger partial charge in [0, 0.05) is 17.1 Å². The molecule has 1 amide bonds. The fourth-order valence-electron chi connectivity index (χ4n) is 3.24. The lowest BCUT2D eigenvalue weighted by Crippen LogP contribution is -2.41. The molecule has 0 heterocycles. The van der Waals surface area contributed by atoms with Crippen LogP contribution in [-0.4, -0.2) is 25.0 Å². The molecule has 0 radical (unpaired) electrons. The van der Waals surface area contributed by atoms with Crippen molar-refractivity contribution >= 4 is 27.5 Å². The molecule has 5 heteroatoms. The number of hydrogen-bond donors (Lipinski definition) is 2. The Morgan fingerprint density at radius 2 is 2.20 bits per heavy atom. The molecule has 1 fully saturated rings. The molecule has 1 aromatic rings. The number of rotatable bonds is 5. The maximum absolute atomic E-state index is 11.7. The second-order valence-corrected chi connectivity index (χ2v) is 6.22. The van der Waals surface area contributed by atoms with Crippen LogP contribution in [-0.2, 0) is 0 Å². The molecular formula is C15H22BrN3O. The van der Waals surface area contributed by atoms with Gasteiger partial charge in [0.1, 0.15) is 0 Å². The van der Waals surface area contributed by atoms with Gasteiger partial charge in [0.05, 0.1) is 11.3 Å². The number of benzene rings is 1. The Morgan fingerprint density at radius 3 is 2.80 bits per heavy atom. The van der Waals surface area contributed by atoms with Gasteiger partial charge in [-0.2, -0.15) is 0 Å². The van der Waals surface area contributed by atoms with Crippen LogP contribution < -0.4 is 16.4 Å². The molecule has 0 spiro atoms. The van der Waals surface area contributed by atoms with E-state index in [0.717, 1.165) is 29.5 Å². The fourth-order valence-corrected chi connectivity index (χ4v) is 3.59. The highest BCUT2D eigenvalue weighted by Crippen LogP contribution is 2.35. The normalized spacial score (nSPS) is 21.9. The van der Waals surface area contributed by atoms with Crippen LogP contribution >= 0.6 is 15.9 Å². The van der Waals surface area contributed by atoms with Crippen molar-refractivity contribution in [2.45, 2.75) is 32.2 Å². The van der Waals surface area contributed by atoms with Crippen LogP contribution in [0.15, 0.2) is 22.7 Å². The van der Waals surface area contributed by atoms with E-state index in [1.54, 1.807) is 6.07 Å². The van der Waals surface area contributed by atoms with Crippen molar-refractivity contribution in [2.24, 2.45) is 17.4 Å². The standard InChI is InChI=1S/C15H22BrN3O/c1-2-19(13-5-3-4-10(13)9-17)14-8-11(16)6-7-12(14)15(18)20/h6-8,10,13H,2-5,9,17H2,1H3,(H2,18,20). The van der Waals surface area contributed by atoms with Crippen LogP contribution in [0.5, 0.6) is 0 Å². The largest absolute Gasteiger partial charge is 0.368 e. The average Bonchev–Trinajstić information content (AvgIpc) is 2.87. The van der Waals surface area contributed by atoms with Gasteiger partial charge in [0.15, 0.2) is 0 Å². The van der Waals surface area contributed by atoms with Crippen molar-refractivity contribution in [3.8, 4) is 0 Å². The van der Waals surface area contributed by atoms with Crippen LogP contribution in [0.25, 0.3) is 0 Å². The molecule has 2 unspecified atom stereocenters. The first-order valence-electron chi connectivity index (χ1n) is 7.14. The SMILES string of the molecule is CCN(c1cc(Br)ccc1C(N)=O)C1CCCC1CN. The summed E-state index contributed by atoms with van der Waals surface area (Å²) in [6.07, 6.45) is 3.49. The molecule has 0 aliphatic heterocycles. The summed E-state index contributed by atoms with van der Waals surface area (Å²) in [5.74, 6) is 0.114. The minimum Gasteiger partial charge on any atom is -0.368 e. The van der Waals surface area contributed by atoms with Crippen molar-refractivity contribution in [3.05, 3.63) is 28.2 Å². The average molecular weight is 340 g/mol. The molecule has 1 saturated carbocycles. The summed E-state index contributed by atoms with van der Waals surface area (Å²) in [6.45, 7) is 3.65. The fraction of sp³-hybridized carbons (Fsp3) is 0.533. The highest BCUT2D eigenvalue weighted by molar-refractivity contribution is 9.10. The van der Waals surface area contributed by atoms with Gasteiger partial charge in [-0.3, -0.25) is 4.79 Å². The van der Waals surface area contributed by atoms with E-state index in [2.05, 4.69) is 27.8 Å². The van der Waals surface area contributed by atoms with Gasteiger partial charge in [-0.25, -0.2) is 0 Å². The minimum atomic E-state index is -0.381. The summed E-state index contributed by atoms with van der Waals surface area (Å²) in [6, 6.07) is 6.02. The monoisotopic (exact) mass is 339 g/mol. The van der Waals surface area contributed by atoms with E-state index in [1.807, 2.05) is 12.1 Å². The maximum Gasteiger partial charge on any atom is 0.250 e. The van der Waals surface area contributed by atoms with Gasteiger partial charge in [-0.1, -0.05) is 22.4 Å². The lowest BCUT2D eigenvalue weighted by Gasteiger charge is -2.35. The van der Waals surface area contributed by atoms with Crippen molar-refractivity contribution < 1.29 is 4.79 Å². The Kier molecular flexibility index (Phi) is 5.05. The van der Waals surface area contributed by atoms with Crippen molar-refractivity contribution in [2.75, 3.05) is 18.0 Å². The number of halogens is 1. The molecule has 0 aromatic heterocycles. The number of carbonyl (C=O) groups is 1. The zero-order valence-corrected chi connectivity index (χ0v) is 13.4. The third kappa shape index (κ3) is 2.99. The number of nitrogens with two attached hydrogens (primary N) is 2. The second kappa shape index (κ2) is 6.59. The summed E-state index contributed by atoms with van der Waals surface area (Å²) in [5.41, 5.74) is 12.9. The van der Waals surface area contributed by atoms with E-state index in [4.69, 9.17) is 11.5 Å². The lowest BCUT2D eigenvalue weighted by molar-refractivity contribution is 0.100. The summed E-state index contributed by atoms with van der Waals surface area (Å²) >= 11 is 3.48. The molecule has 1 aromatic carbocycles. The maximum atomic E-state index is 11.7. The third-order valence-electron chi connectivity index (χ3n) is 4.20. The van der Waals surface area contributed by atoms with Crippen LogP contribution in [0, 0.1) is 5.92 Å². The Hall–Kier alpha value is -1.07. The zero-order chi connectivity index (χ0) is 14.7. The summed E-state index contributed by atoms with van der Waals surface area (Å²) in [5, 5.41) is 0. The molecule has 2 atom stereocenters. The number of hydrogen-bond acceptors (Lipinski definition) is 3. The molecule has 0 saturated heterocycles. The van der Waals surface area contributed by atoms with Crippen LogP contribution in [0.1, 0.15) is 36.5 Å². The topological polar surface area (TPSA) is 72.3 Å². The van der Waals surface area contributed by atoms with E-state index in [1.165, 1.54) is 6.42 Å². The van der Waals surface area contributed by atoms with Gasteiger partial charge < -0.3 is 16.4 Å². The molecule has 4 N–H and O–H groups in total. The van der Waals surface area contributed by atoms with E-state index in [0.29, 0.717) is 24.1 Å². The Balaban J connectivity index is 2.40. The summed E-state index contributed by atoms with van der Waals surface area (Å²) in [4.78, 5) is 14.0. The molecule has 20 heavy (non-hydrogen) atoms. The smallest absolute Gasteiger partial charge is 0.250 e. The van der Waals surface area contributed by atoms with Gasteiger partial charge >= 0.3 is 0 Å². The highest BCUT2D eigenvalue weighted by atomic mass is 79.9. The number of amides is 1. The predicted molar refractivity (Wildman–Crippen MR) is 85.9 cm³/mol. The molecule has 110 valence electrons. The van der Waals surface area contributed by atoms with Crippen molar-refractivity contribution in [1.82, 2.24) is 0 Å². The van der Waals surface area contributed by atoms with Crippen molar-refractivity contribution in [3.63, 3.8) is 0 Å². The van der Waals surface area contributed by atoms with Crippen LogP contribution in [0.2, 0.25) is 0 Å². The minimum absolute atomic E-state index is 0.381. The van der Waals surface area contributed by atoms with Gasteiger partial charge in [-0.15, -0.1) is 0 Å². The lowest BCUT2D eigenvalue weighted by atomic mass is 10.0. The van der Waals surface area contributed by atoms with Gasteiger partial charge in [0.25, 0.3) is 5.91 Å². The molecular weight excluding hydrogens is 318 g/mol. The first kappa shape index (κ1) is 15.3.